The number of rotatable bonds is 4. The lowest BCUT2D eigenvalue weighted by atomic mass is 9.66. The summed E-state index contributed by atoms with van der Waals surface area (Å²) in [6.45, 7) is 3.14. The quantitative estimate of drug-likeness (QED) is 0.498. The number of piperidine rings is 2. The minimum atomic E-state index is -4.41. The zero-order valence-corrected chi connectivity index (χ0v) is 22.0. The average molecular weight is 562 g/mol. The van der Waals surface area contributed by atoms with Gasteiger partial charge in [-0.25, -0.2) is 4.39 Å². The molecule has 2 saturated heterocycles. The molecular weight excluding hydrogens is 530 g/mol. The predicted molar refractivity (Wildman–Crippen MR) is 135 cm³/mol. The molecule has 0 radical (unpaired) electrons. The van der Waals surface area contributed by atoms with E-state index in [4.69, 9.17) is 0 Å². The van der Waals surface area contributed by atoms with Gasteiger partial charge in [-0.2, -0.15) is 13.2 Å². The lowest BCUT2D eigenvalue weighted by Gasteiger charge is -2.50. The minimum Gasteiger partial charge on any atom is -0.384 e. The van der Waals surface area contributed by atoms with Crippen molar-refractivity contribution >= 4 is 11.8 Å². The molecule has 214 valence electrons. The molecule has 2 amide bonds. The normalized spacial score (nSPS) is 30.2. The maximum absolute atomic E-state index is 16.3. The topological polar surface area (TPSA) is 93.1 Å². The van der Waals surface area contributed by atoms with Gasteiger partial charge in [-0.3, -0.25) is 14.5 Å². The van der Waals surface area contributed by atoms with Crippen LogP contribution in [0.1, 0.15) is 70.8 Å². The Morgan fingerprint density at radius 1 is 1.18 bits per heavy atom. The van der Waals surface area contributed by atoms with Crippen LogP contribution < -0.4 is 5.32 Å². The summed E-state index contributed by atoms with van der Waals surface area (Å²) in [5, 5.41) is 24.9. The van der Waals surface area contributed by atoms with Crippen molar-refractivity contribution in [3.63, 3.8) is 0 Å². The van der Waals surface area contributed by atoms with E-state index in [1.807, 2.05) is 6.92 Å². The summed E-state index contributed by atoms with van der Waals surface area (Å²) in [7, 11) is 0. The Hall–Kier alpha value is -3.02. The van der Waals surface area contributed by atoms with E-state index in [1.54, 1.807) is 6.07 Å². The van der Waals surface area contributed by atoms with Crippen molar-refractivity contribution < 1.29 is 37.4 Å². The van der Waals surface area contributed by atoms with E-state index < -0.39 is 46.7 Å². The predicted octanol–water partition coefficient (Wildman–Crippen LogP) is 3.44. The number of nitrogens with zero attached hydrogens (tertiary/aromatic N) is 2. The maximum atomic E-state index is 16.3. The molecule has 2 aromatic carbocycles. The fourth-order valence-corrected chi connectivity index (χ4v) is 7.34. The van der Waals surface area contributed by atoms with Crippen LogP contribution in [0.25, 0.3) is 0 Å². The van der Waals surface area contributed by atoms with Crippen LogP contribution in [0, 0.1) is 11.2 Å². The smallest absolute Gasteiger partial charge is 0.384 e. The van der Waals surface area contributed by atoms with Crippen molar-refractivity contribution in [2.45, 2.75) is 76.2 Å². The molecule has 0 saturated carbocycles. The number of aliphatic hydroxyl groups excluding tert-OH is 1. The highest BCUT2D eigenvalue weighted by Crippen LogP contribution is 2.58. The third kappa shape index (κ3) is 4.04. The largest absolute Gasteiger partial charge is 0.416 e. The molecule has 0 spiro atoms. The number of carbonyl (C=O) groups is 2. The van der Waals surface area contributed by atoms with Gasteiger partial charge in [0.05, 0.1) is 18.2 Å². The number of benzene rings is 2. The molecule has 4 atom stereocenters. The van der Waals surface area contributed by atoms with Gasteiger partial charge in [-0.15, -0.1) is 0 Å². The molecule has 2 aromatic rings. The first-order valence-electron chi connectivity index (χ1n) is 13.6. The fourth-order valence-electron chi connectivity index (χ4n) is 7.34. The standard InChI is InChI=1S/C29H31F4N3O4/c1-2-27-12-17-11-19-20(14-36(26(19)39)21-7-8-22(37)34-25(21)38)24(30)23(17)28(27,40)9-10-35(15-27)13-16-3-5-18(6-4-16)29(31,32)33/h3-6,11,21,25,38,40H,2,7-10,12-15H2,1H3,(H,34,37)/t21-,25?,27?,28+/m1/s1. The van der Waals surface area contributed by atoms with Crippen LogP contribution in [-0.2, 0) is 36.1 Å². The Kier molecular flexibility index (Phi) is 6.28. The van der Waals surface area contributed by atoms with E-state index in [-0.39, 0.29) is 48.4 Å². The number of halogens is 4. The van der Waals surface area contributed by atoms with Gasteiger partial charge in [-0.1, -0.05) is 19.1 Å². The monoisotopic (exact) mass is 561 g/mol. The van der Waals surface area contributed by atoms with Gasteiger partial charge in [0.25, 0.3) is 5.91 Å². The Morgan fingerprint density at radius 3 is 2.55 bits per heavy atom. The Balaban J connectivity index is 1.26. The van der Waals surface area contributed by atoms with E-state index in [0.717, 1.165) is 17.7 Å². The van der Waals surface area contributed by atoms with Gasteiger partial charge in [0.15, 0.2) is 0 Å². The summed E-state index contributed by atoms with van der Waals surface area (Å²) in [6, 6.07) is 6.06. The summed E-state index contributed by atoms with van der Waals surface area (Å²) < 4.78 is 55.2. The molecule has 3 N–H and O–H groups in total. The van der Waals surface area contributed by atoms with Crippen LogP contribution in [0.5, 0.6) is 0 Å². The van der Waals surface area contributed by atoms with Gasteiger partial charge < -0.3 is 20.4 Å². The first-order chi connectivity index (χ1) is 18.9. The number of carbonyl (C=O) groups excluding carboxylic acids is 2. The number of likely N-dealkylation sites (tertiary alicyclic amines) is 1. The zero-order valence-electron chi connectivity index (χ0n) is 22.0. The van der Waals surface area contributed by atoms with Gasteiger partial charge in [-0.05, 0) is 55.0 Å². The maximum Gasteiger partial charge on any atom is 0.416 e. The first kappa shape index (κ1) is 27.2. The summed E-state index contributed by atoms with van der Waals surface area (Å²) in [6.07, 6.45) is -4.07. The molecule has 7 nitrogen and oxygen atoms in total. The molecule has 11 heteroatoms. The summed E-state index contributed by atoms with van der Waals surface area (Å²) in [5.41, 5.74) is -0.934. The number of fused-ring (bicyclic) bond motifs is 4. The second-order valence-electron chi connectivity index (χ2n) is 11.6. The molecule has 0 aromatic heterocycles. The van der Waals surface area contributed by atoms with Crippen molar-refractivity contribution in [2.24, 2.45) is 5.41 Å². The second kappa shape index (κ2) is 9.25. The molecule has 6 rings (SSSR count). The summed E-state index contributed by atoms with van der Waals surface area (Å²) in [5.74, 6) is -1.30. The molecule has 2 fully saturated rings. The molecule has 1 aliphatic carbocycles. The molecule has 40 heavy (non-hydrogen) atoms. The van der Waals surface area contributed by atoms with Crippen LogP contribution in [0.4, 0.5) is 17.6 Å². The van der Waals surface area contributed by atoms with Crippen LogP contribution >= 0.6 is 0 Å². The van der Waals surface area contributed by atoms with Gasteiger partial charge in [0, 0.05) is 48.2 Å². The Bertz CT molecular complexity index is 1380. The number of alkyl halides is 3. The molecular formula is C29H31F4N3O4. The van der Waals surface area contributed by atoms with E-state index in [0.29, 0.717) is 38.0 Å². The SMILES string of the molecule is CCC12Cc3cc4c(c(F)c3[C@@]1(O)CCN(Cc1ccc(C(F)(F)F)cc1)C2)CN([C@@H]1CCC(=O)NC1O)C4=O. The number of nitrogens with one attached hydrogen (secondary N) is 1. The van der Waals surface area contributed by atoms with Crippen molar-refractivity contribution in [3.8, 4) is 0 Å². The Morgan fingerprint density at radius 2 is 1.90 bits per heavy atom. The fraction of sp³-hybridized carbons (Fsp3) is 0.517. The number of aliphatic hydroxyl groups is 2. The molecule has 4 aliphatic rings. The van der Waals surface area contributed by atoms with E-state index in [2.05, 4.69) is 10.2 Å². The highest BCUT2D eigenvalue weighted by atomic mass is 19.4. The molecule has 3 heterocycles. The lowest BCUT2D eigenvalue weighted by molar-refractivity contribution is -0.138. The lowest BCUT2D eigenvalue weighted by Crippen LogP contribution is -2.56. The van der Waals surface area contributed by atoms with Crippen LogP contribution in [0.3, 0.4) is 0 Å². The average Bonchev–Trinajstić information content (AvgIpc) is 3.36. The first-order valence-corrected chi connectivity index (χ1v) is 13.6. The van der Waals surface area contributed by atoms with Gasteiger partial charge in [0.1, 0.15) is 17.6 Å². The van der Waals surface area contributed by atoms with Crippen LogP contribution in [-0.4, -0.2) is 57.2 Å². The highest BCUT2D eigenvalue weighted by Gasteiger charge is 2.60. The molecule has 0 bridgehead atoms. The molecule has 2 unspecified atom stereocenters. The highest BCUT2D eigenvalue weighted by molar-refractivity contribution is 5.99. The summed E-state index contributed by atoms with van der Waals surface area (Å²) >= 11 is 0. The third-order valence-electron chi connectivity index (χ3n) is 9.51. The number of hydrogen-bond donors (Lipinski definition) is 3. The minimum absolute atomic E-state index is 0.0554. The second-order valence-corrected chi connectivity index (χ2v) is 11.6. The molecule has 3 aliphatic heterocycles. The number of hydrogen-bond acceptors (Lipinski definition) is 5. The van der Waals surface area contributed by atoms with Crippen molar-refractivity contribution in [1.82, 2.24) is 15.1 Å². The van der Waals surface area contributed by atoms with E-state index >= 15 is 4.39 Å². The van der Waals surface area contributed by atoms with Crippen LogP contribution in [0.2, 0.25) is 0 Å². The Labute approximate surface area is 228 Å². The number of amides is 2. The van der Waals surface area contributed by atoms with Crippen molar-refractivity contribution in [2.75, 3.05) is 13.1 Å². The van der Waals surface area contributed by atoms with Crippen molar-refractivity contribution in [3.05, 3.63) is 69.5 Å². The van der Waals surface area contributed by atoms with Crippen LogP contribution in [0.15, 0.2) is 30.3 Å². The van der Waals surface area contributed by atoms with Gasteiger partial charge in [0.2, 0.25) is 5.91 Å². The van der Waals surface area contributed by atoms with Gasteiger partial charge >= 0.3 is 6.18 Å². The zero-order chi connectivity index (χ0) is 28.6. The van der Waals surface area contributed by atoms with E-state index in [9.17, 15) is 33.0 Å². The third-order valence-corrected chi connectivity index (χ3v) is 9.51. The summed E-state index contributed by atoms with van der Waals surface area (Å²) in [4.78, 5) is 28.5. The van der Waals surface area contributed by atoms with Crippen molar-refractivity contribution in [1.29, 1.82) is 0 Å². The van der Waals surface area contributed by atoms with E-state index in [1.165, 1.54) is 17.0 Å².